The quantitative estimate of drug-likeness (QED) is 0.815. The van der Waals surface area contributed by atoms with Crippen LogP contribution >= 0.6 is 0 Å². The number of hydrogen-bond acceptors (Lipinski definition) is 5. The van der Waals surface area contributed by atoms with Gasteiger partial charge < -0.3 is 14.8 Å². The first kappa shape index (κ1) is 17.5. The Morgan fingerprint density at radius 1 is 1.22 bits per heavy atom. The highest BCUT2D eigenvalue weighted by Gasteiger charge is 2.38. The molecule has 2 aliphatic heterocycles. The van der Waals surface area contributed by atoms with E-state index in [0.717, 1.165) is 28.2 Å². The first-order chi connectivity index (χ1) is 13.1. The predicted molar refractivity (Wildman–Crippen MR) is 98.7 cm³/mol. The monoisotopic (exact) mass is 367 g/mol. The number of urea groups is 1. The van der Waals surface area contributed by atoms with E-state index >= 15 is 0 Å². The number of hydrogen-bond donors (Lipinski definition) is 1. The predicted octanol–water partition coefficient (Wildman–Crippen LogP) is 3.69. The van der Waals surface area contributed by atoms with Crippen molar-refractivity contribution in [2.75, 3.05) is 4.90 Å². The molecule has 7 nitrogen and oxygen atoms in total. The maximum absolute atomic E-state index is 12.3. The molecule has 140 valence electrons. The highest BCUT2D eigenvalue weighted by Crippen LogP contribution is 2.40. The molecule has 0 radical (unpaired) electrons. The lowest BCUT2D eigenvalue weighted by Crippen LogP contribution is -2.31. The van der Waals surface area contributed by atoms with Crippen LogP contribution in [-0.4, -0.2) is 23.0 Å². The van der Waals surface area contributed by atoms with Crippen LogP contribution in [0.25, 0.3) is 0 Å². The second-order valence-corrected chi connectivity index (χ2v) is 6.58. The third-order valence-corrected chi connectivity index (χ3v) is 4.91. The van der Waals surface area contributed by atoms with E-state index in [1.807, 2.05) is 25.1 Å². The third kappa shape index (κ3) is 3.04. The molecule has 2 aromatic rings. The summed E-state index contributed by atoms with van der Waals surface area (Å²) in [4.78, 5) is 29.7. The number of pyridine rings is 1. The van der Waals surface area contributed by atoms with Gasteiger partial charge in [-0.1, -0.05) is 26.0 Å². The third-order valence-electron chi connectivity index (χ3n) is 4.91. The number of amides is 3. The Balaban J connectivity index is 1.56. The van der Waals surface area contributed by atoms with Crippen molar-refractivity contribution in [3.63, 3.8) is 0 Å². The molecule has 7 heteroatoms. The zero-order valence-electron chi connectivity index (χ0n) is 15.3. The van der Waals surface area contributed by atoms with Gasteiger partial charge in [-0.15, -0.1) is 0 Å². The number of benzene rings is 1. The number of anilines is 1. The van der Waals surface area contributed by atoms with E-state index in [-0.39, 0.29) is 12.0 Å². The molecule has 1 fully saturated rings. The highest BCUT2D eigenvalue weighted by molar-refractivity contribution is 6.21. The fourth-order valence-electron chi connectivity index (χ4n) is 3.50. The Labute approximate surface area is 157 Å². The van der Waals surface area contributed by atoms with Gasteiger partial charge in [-0.25, -0.2) is 14.7 Å². The number of ether oxygens (including phenoxy) is 2. The molecule has 1 N–H and O–H groups in total. The van der Waals surface area contributed by atoms with Crippen LogP contribution in [-0.2, 0) is 16.1 Å². The van der Waals surface area contributed by atoms with Crippen molar-refractivity contribution in [2.45, 2.75) is 45.4 Å². The lowest BCUT2D eigenvalue weighted by molar-refractivity contribution is -0.118. The van der Waals surface area contributed by atoms with E-state index in [1.165, 1.54) is 6.20 Å². The number of carbonyl (C=O) groups excluding carboxylic acids is 2. The molecule has 4 rings (SSSR count). The van der Waals surface area contributed by atoms with E-state index in [9.17, 15) is 9.59 Å². The highest BCUT2D eigenvalue weighted by atomic mass is 16.5. The largest absolute Gasteiger partial charge is 0.439 e. The molecule has 1 aromatic carbocycles. The van der Waals surface area contributed by atoms with Crippen molar-refractivity contribution < 1.29 is 19.1 Å². The maximum Gasteiger partial charge on any atom is 0.329 e. The van der Waals surface area contributed by atoms with Crippen LogP contribution in [0.5, 0.6) is 11.6 Å². The zero-order valence-corrected chi connectivity index (χ0v) is 15.3. The summed E-state index contributed by atoms with van der Waals surface area (Å²) in [6, 6.07) is 8.28. The fraction of sp³-hybridized carbons (Fsp3) is 0.350. The molecule has 1 aromatic heterocycles. The van der Waals surface area contributed by atoms with Crippen LogP contribution in [0.3, 0.4) is 0 Å². The lowest BCUT2D eigenvalue weighted by Gasteiger charge is -2.15. The fourth-order valence-corrected chi connectivity index (χ4v) is 3.50. The van der Waals surface area contributed by atoms with Crippen molar-refractivity contribution in [2.24, 2.45) is 0 Å². The molecule has 0 unspecified atom stereocenters. The maximum atomic E-state index is 12.3. The number of nitrogens with one attached hydrogen (secondary N) is 1. The van der Waals surface area contributed by atoms with Gasteiger partial charge in [0.2, 0.25) is 5.88 Å². The summed E-state index contributed by atoms with van der Waals surface area (Å²) in [5.74, 6) is 0.855. The normalized spacial score (nSPS) is 21.3. The van der Waals surface area contributed by atoms with Crippen molar-refractivity contribution in [1.29, 1.82) is 0 Å². The second kappa shape index (κ2) is 7.00. The molecule has 3 amide bonds. The minimum atomic E-state index is -0.480. The molecule has 2 atom stereocenters. The Kier molecular flexibility index (Phi) is 4.53. The van der Waals surface area contributed by atoms with Crippen LogP contribution in [0.15, 0.2) is 36.5 Å². The van der Waals surface area contributed by atoms with Crippen molar-refractivity contribution in [3.8, 4) is 11.6 Å². The first-order valence-corrected chi connectivity index (χ1v) is 9.14. The number of imide groups is 1. The van der Waals surface area contributed by atoms with Gasteiger partial charge in [0, 0.05) is 11.6 Å². The smallest absolute Gasteiger partial charge is 0.329 e. The number of fused-ring (bicyclic) bond motifs is 1. The van der Waals surface area contributed by atoms with E-state index in [1.54, 1.807) is 12.1 Å². The van der Waals surface area contributed by atoms with Gasteiger partial charge in [-0.05, 0) is 30.5 Å². The van der Waals surface area contributed by atoms with Gasteiger partial charge in [0.1, 0.15) is 11.8 Å². The van der Waals surface area contributed by atoms with Crippen LogP contribution in [0, 0.1) is 0 Å². The topological polar surface area (TPSA) is 80.8 Å². The minimum Gasteiger partial charge on any atom is -0.439 e. The molecular weight excluding hydrogens is 346 g/mol. The molecule has 1 saturated heterocycles. The standard InChI is InChI=1S/C20H21N3O4/c1-3-14-19(24)23(20(25)22-14)13-8-9-17(21-10-13)27-16-7-5-6-12-11-26-15(4-2)18(12)16/h5-10,14-15H,3-4,11H2,1-2H3,(H,22,25)/t14-,15+/m1/s1. The van der Waals surface area contributed by atoms with E-state index in [2.05, 4.69) is 17.2 Å². The van der Waals surface area contributed by atoms with Gasteiger partial charge in [0.15, 0.2) is 0 Å². The van der Waals surface area contributed by atoms with Crippen LogP contribution < -0.4 is 15.0 Å². The zero-order chi connectivity index (χ0) is 19.0. The summed E-state index contributed by atoms with van der Waals surface area (Å²) in [5, 5.41) is 2.66. The Bertz CT molecular complexity index is 881. The summed E-state index contributed by atoms with van der Waals surface area (Å²) in [6.45, 7) is 4.51. The molecular formula is C20H21N3O4. The first-order valence-electron chi connectivity index (χ1n) is 9.14. The second-order valence-electron chi connectivity index (χ2n) is 6.58. The Hall–Kier alpha value is -2.93. The van der Waals surface area contributed by atoms with Crippen LogP contribution in [0.1, 0.15) is 43.9 Å². The summed E-state index contributed by atoms with van der Waals surface area (Å²) in [5.41, 5.74) is 2.61. The number of nitrogens with zero attached hydrogens (tertiary/aromatic N) is 2. The van der Waals surface area contributed by atoms with Crippen molar-refractivity contribution >= 4 is 17.6 Å². The molecule has 0 bridgehead atoms. The van der Waals surface area contributed by atoms with E-state index in [4.69, 9.17) is 9.47 Å². The summed E-state index contributed by atoms with van der Waals surface area (Å²) in [7, 11) is 0. The number of rotatable bonds is 5. The molecule has 0 spiro atoms. The molecule has 3 heterocycles. The van der Waals surface area contributed by atoms with Crippen molar-refractivity contribution in [3.05, 3.63) is 47.7 Å². The SMILES string of the molecule is CC[C@@H]1OCc2cccc(Oc3ccc(N4C(=O)N[C@H](CC)C4=O)cn3)c21. The summed E-state index contributed by atoms with van der Waals surface area (Å²) < 4.78 is 11.8. The van der Waals surface area contributed by atoms with Gasteiger partial charge >= 0.3 is 6.03 Å². The summed E-state index contributed by atoms with van der Waals surface area (Å²) >= 11 is 0. The molecule has 0 aliphatic carbocycles. The molecule has 27 heavy (non-hydrogen) atoms. The average molecular weight is 367 g/mol. The number of carbonyl (C=O) groups is 2. The van der Waals surface area contributed by atoms with Crippen LogP contribution in [0.2, 0.25) is 0 Å². The van der Waals surface area contributed by atoms with Gasteiger partial charge in [-0.3, -0.25) is 4.79 Å². The number of aromatic nitrogens is 1. The van der Waals surface area contributed by atoms with E-state index < -0.39 is 12.1 Å². The van der Waals surface area contributed by atoms with Crippen LogP contribution in [0.4, 0.5) is 10.5 Å². The Morgan fingerprint density at radius 3 is 2.74 bits per heavy atom. The van der Waals surface area contributed by atoms with Gasteiger partial charge in [-0.2, -0.15) is 0 Å². The van der Waals surface area contributed by atoms with Crippen molar-refractivity contribution in [1.82, 2.24) is 10.3 Å². The van der Waals surface area contributed by atoms with E-state index in [0.29, 0.717) is 24.6 Å². The minimum absolute atomic E-state index is 0.0207. The molecule has 2 aliphatic rings. The Morgan fingerprint density at radius 2 is 2.07 bits per heavy atom. The average Bonchev–Trinajstić information content (AvgIpc) is 3.23. The molecule has 0 saturated carbocycles. The summed E-state index contributed by atoms with van der Waals surface area (Å²) in [6.07, 6.45) is 2.91. The van der Waals surface area contributed by atoms with Gasteiger partial charge in [0.05, 0.1) is 24.6 Å². The lowest BCUT2D eigenvalue weighted by atomic mass is 10.0. The van der Waals surface area contributed by atoms with Gasteiger partial charge in [0.25, 0.3) is 5.91 Å².